The first-order valence-electron chi connectivity index (χ1n) is 12.6. The molecule has 2 heterocycles. The lowest BCUT2D eigenvalue weighted by atomic mass is 9.59. The third kappa shape index (κ3) is 5.24. The highest BCUT2D eigenvalue weighted by molar-refractivity contribution is 5.79. The number of benzene rings is 1. The van der Waals surface area contributed by atoms with E-state index in [9.17, 15) is 14.0 Å². The fraction of sp³-hybridized carbons (Fsp3) is 0.464. The van der Waals surface area contributed by atoms with Gasteiger partial charge >= 0.3 is 6.09 Å². The molecule has 0 unspecified atom stereocenters. The van der Waals surface area contributed by atoms with E-state index in [0.717, 1.165) is 42.5 Å². The van der Waals surface area contributed by atoms with Crippen LogP contribution in [0.15, 0.2) is 48.7 Å². The van der Waals surface area contributed by atoms with Gasteiger partial charge in [0, 0.05) is 30.3 Å². The van der Waals surface area contributed by atoms with Crippen LogP contribution in [0.5, 0.6) is 0 Å². The Morgan fingerprint density at radius 2 is 2.09 bits per heavy atom. The number of rotatable bonds is 5. The summed E-state index contributed by atoms with van der Waals surface area (Å²) in [6.45, 7) is 2.17. The number of aromatic nitrogens is 1. The largest absolute Gasteiger partial charge is 0.450 e. The molecule has 35 heavy (non-hydrogen) atoms. The van der Waals surface area contributed by atoms with Gasteiger partial charge in [0.15, 0.2) is 0 Å². The molecule has 0 spiro atoms. The number of amides is 2. The lowest BCUT2D eigenvalue weighted by molar-refractivity contribution is -0.119. The molecular weight excluding hydrogens is 445 g/mol. The molecule has 6 nitrogen and oxygen atoms in total. The maximum absolute atomic E-state index is 13.6. The molecule has 2 saturated carbocycles. The van der Waals surface area contributed by atoms with Crippen molar-refractivity contribution in [1.29, 1.82) is 0 Å². The van der Waals surface area contributed by atoms with Gasteiger partial charge in [-0.05, 0) is 86.1 Å². The number of nitrogens with one attached hydrogen (secondary N) is 2. The summed E-state index contributed by atoms with van der Waals surface area (Å²) in [4.78, 5) is 28.8. The van der Waals surface area contributed by atoms with Gasteiger partial charge in [-0.1, -0.05) is 24.3 Å². The summed E-state index contributed by atoms with van der Waals surface area (Å²) in [5.41, 5.74) is 2.52. The number of fused-ring (bicyclic) bond motifs is 2. The lowest BCUT2D eigenvalue weighted by Gasteiger charge is -2.47. The highest BCUT2D eigenvalue weighted by Gasteiger charge is 2.49. The van der Waals surface area contributed by atoms with Gasteiger partial charge in [-0.3, -0.25) is 9.78 Å². The summed E-state index contributed by atoms with van der Waals surface area (Å²) >= 11 is 0. The lowest BCUT2D eigenvalue weighted by Crippen LogP contribution is -2.49. The van der Waals surface area contributed by atoms with Gasteiger partial charge in [0.1, 0.15) is 5.82 Å². The van der Waals surface area contributed by atoms with Crippen LogP contribution >= 0.6 is 0 Å². The molecule has 1 aliphatic heterocycles. The molecule has 184 valence electrons. The Labute approximate surface area is 205 Å². The molecular formula is C28H32FN3O3. The Bertz CT molecular complexity index is 1100. The summed E-state index contributed by atoms with van der Waals surface area (Å²) in [5.74, 6) is 1.36. The summed E-state index contributed by atoms with van der Waals surface area (Å²) < 4.78 is 18.6. The number of carbonyl (C=O) groups is 2. The SMILES string of the molecule is CCOC(=O)N[C@H]1CC[C@@H]2[C@@H](C1)C[C@H]1NC(=O)C[C@H]1[C@H]2/C=C/c1ccc(-c2cccc(F)c2)cn1. The topological polar surface area (TPSA) is 80.3 Å². The Kier molecular flexibility index (Phi) is 6.84. The maximum atomic E-state index is 13.6. The minimum absolute atomic E-state index is 0.116. The number of halogens is 1. The monoisotopic (exact) mass is 477 g/mol. The van der Waals surface area contributed by atoms with E-state index >= 15 is 0 Å². The standard InChI is InChI=1S/C28H32FN3O3/c1-2-35-28(34)31-22-9-10-23-19(13-22)14-26-25(15-27(33)32-26)24(23)11-8-21-7-6-18(16-30-21)17-4-3-5-20(29)12-17/h3-8,11-12,16,19,22-26H,2,9-10,13-15H2,1H3,(H,31,34)(H,32,33)/b11-8+/t19-,22-,23+,24-,25-,26+/m0/s1. The molecule has 2 aliphatic carbocycles. The molecule has 2 amide bonds. The van der Waals surface area contributed by atoms with Crippen LogP contribution < -0.4 is 10.6 Å². The van der Waals surface area contributed by atoms with Crippen LogP contribution in [-0.2, 0) is 9.53 Å². The molecule has 5 rings (SSSR count). The van der Waals surface area contributed by atoms with E-state index in [2.05, 4.69) is 27.8 Å². The van der Waals surface area contributed by atoms with Crippen molar-refractivity contribution in [3.63, 3.8) is 0 Å². The van der Waals surface area contributed by atoms with Crippen LogP contribution in [0.25, 0.3) is 17.2 Å². The second-order valence-electron chi connectivity index (χ2n) is 9.99. The first-order chi connectivity index (χ1) is 17.0. The molecule has 7 heteroatoms. The highest BCUT2D eigenvalue weighted by atomic mass is 19.1. The van der Waals surface area contributed by atoms with Gasteiger partial charge in [0.05, 0.1) is 12.3 Å². The molecule has 1 saturated heterocycles. The van der Waals surface area contributed by atoms with Gasteiger partial charge in [-0.15, -0.1) is 0 Å². The van der Waals surface area contributed by atoms with Crippen molar-refractivity contribution < 1.29 is 18.7 Å². The van der Waals surface area contributed by atoms with Gasteiger partial charge in [0.2, 0.25) is 5.91 Å². The first-order valence-corrected chi connectivity index (χ1v) is 12.6. The zero-order chi connectivity index (χ0) is 24.4. The molecule has 1 aromatic carbocycles. The maximum Gasteiger partial charge on any atom is 0.407 e. The van der Waals surface area contributed by atoms with Crippen LogP contribution in [0.2, 0.25) is 0 Å². The average molecular weight is 478 g/mol. The van der Waals surface area contributed by atoms with E-state index in [1.165, 1.54) is 12.1 Å². The van der Waals surface area contributed by atoms with Gasteiger partial charge < -0.3 is 15.4 Å². The fourth-order valence-corrected chi connectivity index (χ4v) is 6.38. The van der Waals surface area contributed by atoms with Crippen LogP contribution in [0.1, 0.15) is 44.7 Å². The third-order valence-corrected chi connectivity index (χ3v) is 7.90. The highest BCUT2D eigenvalue weighted by Crippen LogP contribution is 2.49. The molecule has 6 atom stereocenters. The Morgan fingerprint density at radius 1 is 1.20 bits per heavy atom. The van der Waals surface area contributed by atoms with E-state index in [4.69, 9.17) is 4.74 Å². The minimum atomic E-state index is -0.344. The molecule has 3 aliphatic rings. The van der Waals surface area contributed by atoms with Gasteiger partial charge in [-0.2, -0.15) is 0 Å². The summed E-state index contributed by atoms with van der Waals surface area (Å²) in [6, 6.07) is 10.7. The number of pyridine rings is 1. The summed E-state index contributed by atoms with van der Waals surface area (Å²) in [7, 11) is 0. The first kappa shape index (κ1) is 23.5. The summed E-state index contributed by atoms with van der Waals surface area (Å²) in [5, 5.41) is 6.21. The molecule has 0 bridgehead atoms. The normalized spacial score (nSPS) is 29.8. The van der Waals surface area contributed by atoms with E-state index in [-0.39, 0.29) is 35.8 Å². The Balaban J connectivity index is 1.31. The number of carbonyl (C=O) groups excluding carboxylic acids is 2. The second-order valence-corrected chi connectivity index (χ2v) is 9.99. The predicted octanol–water partition coefficient (Wildman–Crippen LogP) is 4.96. The number of alkyl carbamates (subject to hydrolysis) is 1. The van der Waals surface area contributed by atoms with Gasteiger partial charge in [0.25, 0.3) is 0 Å². The van der Waals surface area contributed by atoms with Crippen LogP contribution in [-0.4, -0.2) is 35.7 Å². The Hall–Kier alpha value is -3.22. The third-order valence-electron chi connectivity index (χ3n) is 7.90. The predicted molar refractivity (Wildman–Crippen MR) is 132 cm³/mol. The van der Waals surface area contributed by atoms with Crippen LogP contribution in [0, 0.1) is 29.5 Å². The molecule has 3 fully saturated rings. The molecule has 1 aromatic heterocycles. The van der Waals surface area contributed by atoms with Crippen molar-refractivity contribution in [2.24, 2.45) is 23.7 Å². The van der Waals surface area contributed by atoms with Crippen molar-refractivity contribution >= 4 is 18.1 Å². The van der Waals surface area contributed by atoms with E-state index in [0.29, 0.717) is 30.8 Å². The van der Waals surface area contributed by atoms with Crippen molar-refractivity contribution in [1.82, 2.24) is 15.6 Å². The number of hydrogen-bond donors (Lipinski definition) is 2. The van der Waals surface area contributed by atoms with Crippen LogP contribution in [0.4, 0.5) is 9.18 Å². The number of ether oxygens (including phenoxy) is 1. The Morgan fingerprint density at radius 3 is 2.86 bits per heavy atom. The molecule has 2 aromatic rings. The number of nitrogens with zero attached hydrogens (tertiary/aromatic N) is 1. The zero-order valence-corrected chi connectivity index (χ0v) is 20.0. The molecule has 2 N–H and O–H groups in total. The zero-order valence-electron chi connectivity index (χ0n) is 20.0. The smallest absolute Gasteiger partial charge is 0.407 e. The number of allylic oxidation sites excluding steroid dienone is 1. The second kappa shape index (κ2) is 10.2. The van der Waals surface area contributed by atoms with Crippen molar-refractivity contribution in [2.45, 2.75) is 51.1 Å². The van der Waals surface area contributed by atoms with Gasteiger partial charge in [-0.25, -0.2) is 9.18 Å². The minimum Gasteiger partial charge on any atom is -0.450 e. The fourth-order valence-electron chi connectivity index (χ4n) is 6.38. The average Bonchev–Trinajstić information content (AvgIpc) is 3.22. The van der Waals surface area contributed by atoms with Crippen LogP contribution in [0.3, 0.4) is 0 Å². The molecule has 0 radical (unpaired) electrons. The van der Waals surface area contributed by atoms with Crippen molar-refractivity contribution in [2.75, 3.05) is 6.61 Å². The van der Waals surface area contributed by atoms with E-state index in [1.807, 2.05) is 18.2 Å². The van der Waals surface area contributed by atoms with Crippen molar-refractivity contribution in [3.05, 3.63) is 60.2 Å². The quantitative estimate of drug-likeness (QED) is 0.638. The van der Waals surface area contributed by atoms with E-state index < -0.39 is 0 Å². The van der Waals surface area contributed by atoms with E-state index in [1.54, 1.807) is 19.2 Å². The van der Waals surface area contributed by atoms with Crippen molar-refractivity contribution in [3.8, 4) is 11.1 Å². The summed E-state index contributed by atoms with van der Waals surface area (Å²) in [6.07, 6.45) is 10.1. The number of hydrogen-bond acceptors (Lipinski definition) is 4.